The van der Waals surface area contributed by atoms with Gasteiger partial charge in [-0.05, 0) is 35.9 Å². The lowest BCUT2D eigenvalue weighted by atomic mass is 10.1. The number of rotatable bonds is 5. The summed E-state index contributed by atoms with van der Waals surface area (Å²) < 4.78 is 23.4. The van der Waals surface area contributed by atoms with Gasteiger partial charge in [0.2, 0.25) is 5.91 Å². The predicted octanol–water partition coefficient (Wildman–Crippen LogP) is 3.68. The second-order valence-electron chi connectivity index (χ2n) is 4.54. The second-order valence-corrected chi connectivity index (χ2v) is 4.95. The molecule has 0 radical (unpaired) electrons. The number of ether oxygens (including phenoxy) is 2. The van der Waals surface area contributed by atoms with E-state index >= 15 is 0 Å². The molecule has 0 saturated heterocycles. The van der Waals surface area contributed by atoms with E-state index < -0.39 is 5.82 Å². The topological polar surface area (TPSA) is 47.6 Å². The summed E-state index contributed by atoms with van der Waals surface area (Å²) in [5.74, 6) is -0.103. The normalized spacial score (nSPS) is 10.2. The van der Waals surface area contributed by atoms with E-state index in [1.165, 1.54) is 26.4 Å². The maximum absolute atomic E-state index is 13.6. The Morgan fingerprint density at radius 1 is 1.14 bits per heavy atom. The van der Waals surface area contributed by atoms with E-state index in [4.69, 9.17) is 21.1 Å². The molecule has 22 heavy (non-hydrogen) atoms. The number of nitrogens with one attached hydrogen (secondary N) is 1. The highest BCUT2D eigenvalue weighted by Crippen LogP contribution is 2.27. The third kappa shape index (κ3) is 3.89. The number of hydrogen-bond donors (Lipinski definition) is 1. The van der Waals surface area contributed by atoms with Crippen LogP contribution in [-0.2, 0) is 11.2 Å². The van der Waals surface area contributed by atoms with E-state index in [0.717, 1.165) is 0 Å². The fraction of sp³-hybridized carbons (Fsp3) is 0.188. The van der Waals surface area contributed by atoms with E-state index in [-0.39, 0.29) is 18.1 Å². The lowest BCUT2D eigenvalue weighted by molar-refractivity contribution is -0.115. The van der Waals surface area contributed by atoms with Gasteiger partial charge in [0.1, 0.15) is 5.75 Å². The second kappa shape index (κ2) is 7.13. The molecule has 2 aromatic rings. The summed E-state index contributed by atoms with van der Waals surface area (Å²) in [6, 6.07) is 9.33. The monoisotopic (exact) mass is 323 g/mol. The highest BCUT2D eigenvalue weighted by Gasteiger charge is 2.09. The van der Waals surface area contributed by atoms with Gasteiger partial charge < -0.3 is 14.8 Å². The fourth-order valence-corrected chi connectivity index (χ4v) is 2.21. The molecule has 0 saturated carbocycles. The molecule has 1 N–H and O–H groups in total. The minimum Gasteiger partial charge on any atom is -0.495 e. The van der Waals surface area contributed by atoms with Crippen molar-refractivity contribution in [3.05, 3.63) is 52.8 Å². The first kappa shape index (κ1) is 16.1. The number of hydrogen-bond acceptors (Lipinski definition) is 3. The van der Waals surface area contributed by atoms with E-state index in [0.29, 0.717) is 22.0 Å². The van der Waals surface area contributed by atoms with Crippen LogP contribution in [0.4, 0.5) is 10.1 Å². The minimum atomic E-state index is -0.500. The summed E-state index contributed by atoms with van der Waals surface area (Å²) in [6.07, 6.45) is 0.0462. The Bertz CT molecular complexity index is 634. The van der Waals surface area contributed by atoms with Crippen molar-refractivity contribution in [2.45, 2.75) is 6.42 Å². The molecule has 0 aromatic heterocycles. The molecule has 0 fully saturated rings. The van der Waals surface area contributed by atoms with Crippen molar-refractivity contribution in [1.82, 2.24) is 0 Å². The van der Waals surface area contributed by atoms with E-state index in [1.54, 1.807) is 24.3 Å². The Hall–Kier alpha value is -2.27. The number of anilines is 1. The Morgan fingerprint density at radius 3 is 2.41 bits per heavy atom. The van der Waals surface area contributed by atoms with Gasteiger partial charge in [-0.3, -0.25) is 4.79 Å². The molecule has 0 spiro atoms. The average molecular weight is 324 g/mol. The Kier molecular flexibility index (Phi) is 5.22. The van der Waals surface area contributed by atoms with E-state index in [2.05, 4.69) is 5.32 Å². The van der Waals surface area contributed by atoms with Crippen LogP contribution in [0.2, 0.25) is 5.02 Å². The molecule has 2 rings (SSSR count). The zero-order valence-corrected chi connectivity index (χ0v) is 12.9. The molecule has 2 aromatic carbocycles. The molecule has 0 bridgehead atoms. The smallest absolute Gasteiger partial charge is 0.228 e. The van der Waals surface area contributed by atoms with Gasteiger partial charge >= 0.3 is 0 Å². The number of benzene rings is 2. The zero-order chi connectivity index (χ0) is 16.1. The minimum absolute atomic E-state index is 0.0462. The van der Waals surface area contributed by atoms with Gasteiger partial charge in [-0.15, -0.1) is 0 Å². The SMILES string of the molecule is COc1ccc(CC(=O)Nc2ccc(OC)c(Cl)c2)cc1F. The standard InChI is InChI=1S/C16H15ClFNO3/c1-21-14-6-4-11(9-12(14)17)19-16(20)8-10-3-5-15(22-2)13(18)7-10/h3-7,9H,8H2,1-2H3,(H,19,20). The lowest BCUT2D eigenvalue weighted by Crippen LogP contribution is -2.14. The van der Waals surface area contributed by atoms with Crippen LogP contribution in [0.25, 0.3) is 0 Å². The largest absolute Gasteiger partial charge is 0.495 e. The first-order valence-corrected chi connectivity index (χ1v) is 6.87. The van der Waals surface area contributed by atoms with Gasteiger partial charge in [0, 0.05) is 5.69 Å². The van der Waals surface area contributed by atoms with Crippen LogP contribution < -0.4 is 14.8 Å². The Balaban J connectivity index is 2.04. The van der Waals surface area contributed by atoms with Gasteiger partial charge in [0.25, 0.3) is 0 Å². The maximum atomic E-state index is 13.6. The molecule has 0 unspecified atom stereocenters. The molecular weight excluding hydrogens is 309 g/mol. The number of methoxy groups -OCH3 is 2. The summed E-state index contributed by atoms with van der Waals surface area (Å²) in [5, 5.41) is 3.10. The van der Waals surface area contributed by atoms with Crippen LogP contribution in [0.3, 0.4) is 0 Å². The molecule has 0 aliphatic rings. The van der Waals surface area contributed by atoms with Crippen molar-refractivity contribution in [2.75, 3.05) is 19.5 Å². The van der Waals surface area contributed by atoms with Crippen molar-refractivity contribution < 1.29 is 18.7 Å². The first-order chi connectivity index (χ1) is 10.5. The van der Waals surface area contributed by atoms with Crippen LogP contribution in [0.15, 0.2) is 36.4 Å². The molecule has 6 heteroatoms. The van der Waals surface area contributed by atoms with Crippen LogP contribution in [0.5, 0.6) is 11.5 Å². The summed E-state index contributed by atoms with van der Waals surface area (Å²) in [6.45, 7) is 0. The molecule has 0 aliphatic carbocycles. The van der Waals surface area contributed by atoms with Crippen molar-refractivity contribution in [2.24, 2.45) is 0 Å². The fourth-order valence-electron chi connectivity index (χ4n) is 1.95. The molecule has 4 nitrogen and oxygen atoms in total. The average Bonchev–Trinajstić information content (AvgIpc) is 2.47. The number of halogens is 2. The third-order valence-corrected chi connectivity index (χ3v) is 3.31. The number of carbonyl (C=O) groups is 1. The zero-order valence-electron chi connectivity index (χ0n) is 12.2. The predicted molar refractivity (Wildman–Crippen MR) is 83.3 cm³/mol. The van der Waals surface area contributed by atoms with Gasteiger partial charge in [0.05, 0.1) is 25.7 Å². The van der Waals surface area contributed by atoms with Crippen molar-refractivity contribution in [3.8, 4) is 11.5 Å². The van der Waals surface area contributed by atoms with E-state index in [9.17, 15) is 9.18 Å². The van der Waals surface area contributed by atoms with Gasteiger partial charge in [-0.25, -0.2) is 4.39 Å². The highest BCUT2D eigenvalue weighted by molar-refractivity contribution is 6.32. The molecule has 0 atom stereocenters. The van der Waals surface area contributed by atoms with Crippen molar-refractivity contribution in [1.29, 1.82) is 0 Å². The molecule has 116 valence electrons. The quantitative estimate of drug-likeness (QED) is 0.913. The summed E-state index contributed by atoms with van der Waals surface area (Å²) in [5.41, 5.74) is 1.10. The molecule has 0 heterocycles. The maximum Gasteiger partial charge on any atom is 0.228 e. The summed E-state index contributed by atoms with van der Waals surface area (Å²) in [7, 11) is 2.90. The molecule has 0 aliphatic heterocycles. The van der Waals surface area contributed by atoms with Gasteiger partial charge in [0.15, 0.2) is 11.6 Å². The Labute approximate surface area is 132 Å². The Morgan fingerprint density at radius 2 is 1.82 bits per heavy atom. The van der Waals surface area contributed by atoms with Gasteiger partial charge in [-0.2, -0.15) is 0 Å². The highest BCUT2D eigenvalue weighted by atomic mass is 35.5. The van der Waals surface area contributed by atoms with Crippen LogP contribution in [-0.4, -0.2) is 20.1 Å². The molecule has 1 amide bonds. The van der Waals surface area contributed by atoms with Crippen LogP contribution in [0, 0.1) is 5.82 Å². The van der Waals surface area contributed by atoms with Crippen molar-refractivity contribution >= 4 is 23.2 Å². The van der Waals surface area contributed by atoms with E-state index in [1.807, 2.05) is 0 Å². The van der Waals surface area contributed by atoms with Crippen molar-refractivity contribution in [3.63, 3.8) is 0 Å². The lowest BCUT2D eigenvalue weighted by Gasteiger charge is -2.09. The number of amides is 1. The first-order valence-electron chi connectivity index (χ1n) is 6.49. The van der Waals surface area contributed by atoms with Crippen LogP contribution in [0.1, 0.15) is 5.56 Å². The number of carbonyl (C=O) groups excluding carboxylic acids is 1. The summed E-state index contributed by atoms with van der Waals surface area (Å²) in [4.78, 5) is 12.0. The molecular formula is C16H15ClFNO3. The van der Waals surface area contributed by atoms with Crippen LogP contribution >= 0.6 is 11.6 Å². The summed E-state index contributed by atoms with van der Waals surface area (Å²) >= 11 is 5.99. The third-order valence-electron chi connectivity index (χ3n) is 3.02. The van der Waals surface area contributed by atoms with Gasteiger partial charge in [-0.1, -0.05) is 17.7 Å².